The number of pyridine rings is 1. The fraction of sp³-hybridized carbons (Fsp3) is 0.412. The van der Waals surface area contributed by atoms with Crippen LogP contribution in [0.5, 0.6) is 0 Å². The number of piperidine rings is 1. The van der Waals surface area contributed by atoms with Gasteiger partial charge in [-0.2, -0.15) is 0 Å². The van der Waals surface area contributed by atoms with Gasteiger partial charge in [0.2, 0.25) is 0 Å². The van der Waals surface area contributed by atoms with Crippen LogP contribution in [0.2, 0.25) is 0 Å². The van der Waals surface area contributed by atoms with Gasteiger partial charge in [0.1, 0.15) is 0 Å². The van der Waals surface area contributed by atoms with Gasteiger partial charge in [-0.25, -0.2) is 0 Å². The van der Waals surface area contributed by atoms with Crippen molar-refractivity contribution >= 4 is 32.7 Å². The number of carbonyl (C=O) groups is 1. The van der Waals surface area contributed by atoms with E-state index in [1.807, 2.05) is 31.2 Å². The molecule has 1 fully saturated rings. The summed E-state index contributed by atoms with van der Waals surface area (Å²) in [5.41, 5.74) is 2.41. The summed E-state index contributed by atoms with van der Waals surface area (Å²) in [4.78, 5) is 17.1. The molecule has 0 radical (unpaired) electrons. The quantitative estimate of drug-likeness (QED) is 0.883. The number of nitrogens with one attached hydrogen (secondary N) is 2. The lowest BCUT2D eigenvalue weighted by Gasteiger charge is -2.23. The van der Waals surface area contributed by atoms with Crippen molar-refractivity contribution in [3.05, 3.63) is 40.0 Å². The van der Waals surface area contributed by atoms with E-state index in [1.54, 1.807) is 0 Å². The molecular weight excluding hydrogens is 342 g/mol. The summed E-state index contributed by atoms with van der Waals surface area (Å²) in [5, 5.41) is 7.36. The predicted octanol–water partition coefficient (Wildman–Crippen LogP) is 3.04. The highest BCUT2D eigenvalue weighted by atomic mass is 79.9. The molecule has 1 aliphatic rings. The van der Waals surface area contributed by atoms with Crippen LogP contribution in [0.3, 0.4) is 0 Å². The fourth-order valence-corrected chi connectivity index (χ4v) is 3.30. The van der Waals surface area contributed by atoms with Crippen molar-refractivity contribution in [1.29, 1.82) is 0 Å². The van der Waals surface area contributed by atoms with Crippen LogP contribution in [0.1, 0.15) is 28.9 Å². The molecule has 2 aromatic rings. The van der Waals surface area contributed by atoms with E-state index >= 15 is 0 Å². The summed E-state index contributed by atoms with van der Waals surface area (Å²) in [7, 11) is 0. The Bertz CT molecular complexity index is 690. The van der Waals surface area contributed by atoms with Gasteiger partial charge in [0.25, 0.3) is 5.91 Å². The van der Waals surface area contributed by atoms with E-state index in [0.29, 0.717) is 11.5 Å². The van der Waals surface area contributed by atoms with E-state index in [1.165, 1.54) is 12.8 Å². The minimum atomic E-state index is -0.0107. The van der Waals surface area contributed by atoms with Crippen LogP contribution in [-0.4, -0.2) is 30.5 Å². The third-order valence-corrected chi connectivity index (χ3v) is 4.59. The molecule has 0 bridgehead atoms. The molecule has 1 aromatic carbocycles. The molecular formula is C17H20BrN3O. The van der Waals surface area contributed by atoms with E-state index in [4.69, 9.17) is 0 Å². The summed E-state index contributed by atoms with van der Waals surface area (Å²) in [6.07, 6.45) is 2.36. The normalized spacial score (nSPS) is 18.4. The summed E-state index contributed by atoms with van der Waals surface area (Å²) < 4.78 is 0.970. The van der Waals surface area contributed by atoms with Crippen LogP contribution in [0.4, 0.5) is 0 Å². The van der Waals surface area contributed by atoms with Gasteiger partial charge in [0, 0.05) is 22.1 Å². The van der Waals surface area contributed by atoms with E-state index in [0.717, 1.165) is 40.7 Å². The first kappa shape index (κ1) is 15.4. The number of benzene rings is 1. The number of halogens is 1. The molecule has 1 amide bonds. The Morgan fingerprint density at radius 2 is 2.32 bits per heavy atom. The van der Waals surface area contributed by atoms with E-state index in [9.17, 15) is 4.79 Å². The molecule has 0 saturated carbocycles. The molecule has 116 valence electrons. The highest BCUT2D eigenvalue weighted by Crippen LogP contribution is 2.22. The van der Waals surface area contributed by atoms with Gasteiger partial charge in [-0.05, 0) is 57.0 Å². The van der Waals surface area contributed by atoms with Crippen LogP contribution < -0.4 is 10.6 Å². The number of aromatic nitrogens is 1. The topological polar surface area (TPSA) is 54.0 Å². The molecule has 3 rings (SSSR count). The van der Waals surface area contributed by atoms with Crippen molar-refractivity contribution in [3.63, 3.8) is 0 Å². The molecule has 1 atom stereocenters. The van der Waals surface area contributed by atoms with Crippen LogP contribution in [0.15, 0.2) is 28.7 Å². The van der Waals surface area contributed by atoms with Crippen molar-refractivity contribution in [2.75, 3.05) is 19.6 Å². The van der Waals surface area contributed by atoms with Crippen LogP contribution >= 0.6 is 15.9 Å². The molecule has 1 aromatic heterocycles. The van der Waals surface area contributed by atoms with Gasteiger partial charge < -0.3 is 10.6 Å². The van der Waals surface area contributed by atoms with Gasteiger partial charge in [0.05, 0.1) is 11.1 Å². The molecule has 4 nitrogen and oxygen atoms in total. The van der Waals surface area contributed by atoms with Crippen LogP contribution in [0.25, 0.3) is 10.9 Å². The van der Waals surface area contributed by atoms with Crippen LogP contribution in [0, 0.1) is 12.8 Å². The zero-order chi connectivity index (χ0) is 15.5. The van der Waals surface area contributed by atoms with E-state index in [2.05, 4.69) is 31.5 Å². The molecule has 22 heavy (non-hydrogen) atoms. The van der Waals surface area contributed by atoms with Gasteiger partial charge in [-0.3, -0.25) is 9.78 Å². The first-order valence-corrected chi connectivity index (χ1v) is 8.48. The number of aryl methyl sites for hydroxylation is 1. The second-order valence-electron chi connectivity index (χ2n) is 5.90. The standard InChI is InChI=1S/C17H20BrN3O/c1-11-7-15(14-5-4-13(18)8-16(14)21-11)17(22)20-10-12-3-2-6-19-9-12/h4-5,7-8,12,19H,2-3,6,9-10H2,1H3,(H,20,22). The van der Waals surface area contributed by atoms with Crippen molar-refractivity contribution in [3.8, 4) is 0 Å². The third kappa shape index (κ3) is 3.47. The molecule has 1 saturated heterocycles. The Labute approximate surface area is 138 Å². The first-order valence-electron chi connectivity index (χ1n) is 7.69. The molecule has 1 unspecified atom stereocenters. The first-order chi connectivity index (χ1) is 10.6. The summed E-state index contributed by atoms with van der Waals surface area (Å²) in [6.45, 7) is 4.73. The molecule has 2 heterocycles. The maximum absolute atomic E-state index is 12.6. The lowest BCUT2D eigenvalue weighted by molar-refractivity contribution is 0.0946. The van der Waals surface area contributed by atoms with Crippen molar-refractivity contribution in [1.82, 2.24) is 15.6 Å². The molecule has 0 spiro atoms. The number of amides is 1. The third-order valence-electron chi connectivity index (χ3n) is 4.09. The number of rotatable bonds is 3. The number of nitrogens with zero attached hydrogens (tertiary/aromatic N) is 1. The number of carbonyl (C=O) groups excluding carboxylic acids is 1. The maximum atomic E-state index is 12.6. The Kier molecular flexibility index (Phi) is 4.74. The minimum absolute atomic E-state index is 0.0107. The second-order valence-corrected chi connectivity index (χ2v) is 6.81. The molecule has 0 aliphatic carbocycles. The Morgan fingerprint density at radius 3 is 3.09 bits per heavy atom. The molecule has 1 aliphatic heterocycles. The highest BCUT2D eigenvalue weighted by Gasteiger charge is 2.16. The van der Waals surface area contributed by atoms with Gasteiger partial charge in [-0.15, -0.1) is 0 Å². The van der Waals surface area contributed by atoms with Gasteiger partial charge >= 0.3 is 0 Å². The lowest BCUT2D eigenvalue weighted by Crippen LogP contribution is -2.38. The lowest BCUT2D eigenvalue weighted by atomic mass is 9.99. The number of hydrogen-bond donors (Lipinski definition) is 2. The van der Waals surface area contributed by atoms with Gasteiger partial charge in [0.15, 0.2) is 0 Å². The average Bonchev–Trinajstić information content (AvgIpc) is 2.52. The largest absolute Gasteiger partial charge is 0.352 e. The SMILES string of the molecule is Cc1cc(C(=O)NCC2CCCNC2)c2ccc(Br)cc2n1. The molecule has 5 heteroatoms. The highest BCUT2D eigenvalue weighted by molar-refractivity contribution is 9.10. The van der Waals surface area contributed by atoms with E-state index < -0.39 is 0 Å². The van der Waals surface area contributed by atoms with Crippen LogP contribution in [-0.2, 0) is 0 Å². The smallest absolute Gasteiger partial charge is 0.252 e. The fourth-order valence-electron chi connectivity index (χ4n) is 2.95. The summed E-state index contributed by atoms with van der Waals surface area (Å²) in [5.74, 6) is 0.518. The Hall–Kier alpha value is -1.46. The second kappa shape index (κ2) is 6.75. The van der Waals surface area contributed by atoms with Crippen molar-refractivity contribution < 1.29 is 4.79 Å². The summed E-state index contributed by atoms with van der Waals surface area (Å²) >= 11 is 3.45. The average molecular weight is 362 g/mol. The Balaban J connectivity index is 1.80. The maximum Gasteiger partial charge on any atom is 0.252 e. The monoisotopic (exact) mass is 361 g/mol. The van der Waals surface area contributed by atoms with Gasteiger partial charge in [-0.1, -0.05) is 22.0 Å². The van der Waals surface area contributed by atoms with Crippen molar-refractivity contribution in [2.24, 2.45) is 5.92 Å². The zero-order valence-corrected chi connectivity index (χ0v) is 14.2. The number of fused-ring (bicyclic) bond motifs is 1. The zero-order valence-electron chi connectivity index (χ0n) is 12.7. The number of hydrogen-bond acceptors (Lipinski definition) is 3. The van der Waals surface area contributed by atoms with E-state index in [-0.39, 0.29) is 5.91 Å². The predicted molar refractivity (Wildman–Crippen MR) is 92.1 cm³/mol. The minimum Gasteiger partial charge on any atom is -0.352 e. The Morgan fingerprint density at radius 1 is 1.45 bits per heavy atom. The molecule has 2 N–H and O–H groups in total. The summed E-state index contributed by atoms with van der Waals surface area (Å²) in [6, 6.07) is 7.71. The van der Waals surface area contributed by atoms with Crippen molar-refractivity contribution in [2.45, 2.75) is 19.8 Å².